The summed E-state index contributed by atoms with van der Waals surface area (Å²) in [5.41, 5.74) is 0. The van der Waals surface area contributed by atoms with Gasteiger partial charge in [0.1, 0.15) is 0 Å². The molecule has 0 aromatic carbocycles. The molecule has 0 saturated heterocycles. The molecule has 3 nitrogen and oxygen atoms in total. The van der Waals surface area contributed by atoms with Gasteiger partial charge in [-0.05, 0) is 28.2 Å². The number of aliphatic hydroxyl groups is 1. The van der Waals surface area contributed by atoms with Gasteiger partial charge in [0.2, 0.25) is 0 Å². The molecule has 0 bridgehead atoms. The van der Waals surface area contributed by atoms with Gasteiger partial charge in [-0.3, -0.25) is 0 Å². The first-order valence-electron chi connectivity index (χ1n) is 3.50. The number of hydrogen-bond donors (Lipinski definition) is 1. The predicted octanol–water partition coefficient (Wildman–Crippen LogP) is 0.314. The summed E-state index contributed by atoms with van der Waals surface area (Å²) in [4.78, 5) is 3.96. The maximum Gasteiger partial charge on any atom is 0.0793 e. The number of nitrogens with zero attached hydrogens (tertiary/aromatic N) is 2. The van der Waals surface area contributed by atoms with E-state index in [9.17, 15) is 5.11 Å². The van der Waals surface area contributed by atoms with Crippen LogP contribution in [0.25, 0.3) is 0 Å². The first kappa shape index (κ1) is 18.3. The van der Waals surface area contributed by atoms with Crippen molar-refractivity contribution in [1.29, 1.82) is 0 Å². The number of hydrogen-bond acceptors (Lipinski definition) is 3. The van der Waals surface area contributed by atoms with E-state index < -0.39 is 0 Å². The largest absolute Gasteiger partial charge is 0.390 e. The SMILES string of the molecule is CN(C)CC(O)CN(C)C.Cl.Cl. The van der Waals surface area contributed by atoms with E-state index in [0.29, 0.717) is 0 Å². The summed E-state index contributed by atoms with van der Waals surface area (Å²) in [6, 6.07) is 0. The third-order valence-electron chi connectivity index (χ3n) is 1.15. The van der Waals surface area contributed by atoms with E-state index in [0.717, 1.165) is 13.1 Å². The summed E-state index contributed by atoms with van der Waals surface area (Å²) >= 11 is 0. The van der Waals surface area contributed by atoms with Crippen LogP contribution in [0.3, 0.4) is 0 Å². The second kappa shape index (κ2) is 9.55. The van der Waals surface area contributed by atoms with E-state index in [1.54, 1.807) is 0 Å². The van der Waals surface area contributed by atoms with E-state index >= 15 is 0 Å². The van der Waals surface area contributed by atoms with Crippen LogP contribution in [0.4, 0.5) is 0 Å². The molecule has 5 heteroatoms. The van der Waals surface area contributed by atoms with E-state index in [1.165, 1.54) is 0 Å². The zero-order valence-corrected chi connectivity index (χ0v) is 9.78. The van der Waals surface area contributed by atoms with Gasteiger partial charge >= 0.3 is 0 Å². The number of halogens is 2. The molecule has 0 radical (unpaired) electrons. The van der Waals surface area contributed by atoms with Crippen LogP contribution in [0.5, 0.6) is 0 Å². The molecule has 0 fully saturated rings. The Balaban J connectivity index is -0.000000405. The average molecular weight is 219 g/mol. The second-order valence-corrected chi connectivity index (χ2v) is 3.18. The van der Waals surface area contributed by atoms with Crippen LogP contribution in [-0.4, -0.2) is 62.3 Å². The van der Waals surface area contributed by atoms with Crippen LogP contribution in [0, 0.1) is 0 Å². The van der Waals surface area contributed by atoms with Crippen LogP contribution in [0.15, 0.2) is 0 Å². The lowest BCUT2D eigenvalue weighted by Gasteiger charge is -2.19. The lowest BCUT2D eigenvalue weighted by atomic mass is 10.3. The molecular weight excluding hydrogens is 199 g/mol. The van der Waals surface area contributed by atoms with Crippen molar-refractivity contribution in [2.75, 3.05) is 41.3 Å². The summed E-state index contributed by atoms with van der Waals surface area (Å²) in [6.07, 6.45) is -0.231. The van der Waals surface area contributed by atoms with E-state index in [1.807, 2.05) is 38.0 Å². The van der Waals surface area contributed by atoms with Crippen molar-refractivity contribution in [2.45, 2.75) is 6.10 Å². The zero-order chi connectivity index (χ0) is 8.15. The number of likely N-dealkylation sites (N-methyl/N-ethyl adjacent to an activating group) is 2. The van der Waals surface area contributed by atoms with Gasteiger partial charge in [0, 0.05) is 13.1 Å². The van der Waals surface area contributed by atoms with Gasteiger partial charge in [-0.2, -0.15) is 0 Å². The summed E-state index contributed by atoms with van der Waals surface area (Å²) in [6.45, 7) is 1.47. The highest BCUT2D eigenvalue weighted by atomic mass is 35.5. The highest BCUT2D eigenvalue weighted by molar-refractivity contribution is 5.85. The minimum Gasteiger partial charge on any atom is -0.390 e. The van der Waals surface area contributed by atoms with Crippen molar-refractivity contribution < 1.29 is 5.11 Å². The van der Waals surface area contributed by atoms with Crippen molar-refractivity contribution >= 4 is 24.8 Å². The first-order valence-corrected chi connectivity index (χ1v) is 3.50. The summed E-state index contributed by atoms with van der Waals surface area (Å²) in [7, 11) is 7.83. The molecule has 0 unspecified atom stereocenters. The van der Waals surface area contributed by atoms with Gasteiger partial charge in [0.15, 0.2) is 0 Å². The Morgan fingerprint density at radius 3 is 1.33 bits per heavy atom. The fourth-order valence-electron chi connectivity index (χ4n) is 0.901. The van der Waals surface area contributed by atoms with Gasteiger partial charge in [-0.25, -0.2) is 0 Å². The minimum atomic E-state index is -0.231. The molecule has 0 spiro atoms. The Kier molecular flexibility index (Phi) is 14.5. The summed E-state index contributed by atoms with van der Waals surface area (Å²) in [5, 5.41) is 9.31. The summed E-state index contributed by atoms with van der Waals surface area (Å²) < 4.78 is 0. The van der Waals surface area contributed by atoms with Crippen LogP contribution >= 0.6 is 24.8 Å². The first-order chi connectivity index (χ1) is 4.52. The van der Waals surface area contributed by atoms with Crippen molar-refractivity contribution in [2.24, 2.45) is 0 Å². The minimum absolute atomic E-state index is 0. The van der Waals surface area contributed by atoms with Gasteiger partial charge in [-0.1, -0.05) is 0 Å². The lowest BCUT2D eigenvalue weighted by Crippen LogP contribution is -2.34. The second-order valence-electron chi connectivity index (χ2n) is 3.18. The van der Waals surface area contributed by atoms with Crippen molar-refractivity contribution in [1.82, 2.24) is 9.80 Å². The highest BCUT2D eigenvalue weighted by Gasteiger charge is 2.05. The number of rotatable bonds is 4. The Morgan fingerprint density at radius 1 is 0.917 bits per heavy atom. The van der Waals surface area contributed by atoms with Crippen molar-refractivity contribution in [3.05, 3.63) is 0 Å². The molecular formula is C7H20Cl2N2O. The fourth-order valence-corrected chi connectivity index (χ4v) is 0.901. The summed E-state index contributed by atoms with van der Waals surface area (Å²) in [5.74, 6) is 0. The smallest absolute Gasteiger partial charge is 0.0793 e. The van der Waals surface area contributed by atoms with E-state index in [4.69, 9.17) is 0 Å². The molecule has 0 saturated carbocycles. The van der Waals surface area contributed by atoms with Crippen molar-refractivity contribution in [3.63, 3.8) is 0 Å². The fraction of sp³-hybridized carbons (Fsp3) is 1.00. The molecule has 0 aliphatic heterocycles. The van der Waals surface area contributed by atoms with Gasteiger partial charge in [0.05, 0.1) is 6.10 Å². The van der Waals surface area contributed by atoms with Gasteiger partial charge in [0.25, 0.3) is 0 Å². The topological polar surface area (TPSA) is 26.7 Å². The quantitative estimate of drug-likeness (QED) is 0.737. The molecule has 0 heterocycles. The monoisotopic (exact) mass is 218 g/mol. The maximum atomic E-state index is 9.31. The molecule has 0 aromatic heterocycles. The average Bonchev–Trinajstić information content (AvgIpc) is 1.58. The molecule has 0 aliphatic carbocycles. The van der Waals surface area contributed by atoms with Gasteiger partial charge < -0.3 is 14.9 Å². The maximum absolute atomic E-state index is 9.31. The van der Waals surface area contributed by atoms with Gasteiger partial charge in [-0.15, -0.1) is 24.8 Å². The normalized spacial score (nSPS) is 10.0. The third kappa shape index (κ3) is 13.1. The van der Waals surface area contributed by atoms with Crippen LogP contribution in [0.2, 0.25) is 0 Å². The Bertz CT molecular complexity index is 81.5. The Morgan fingerprint density at radius 2 is 1.17 bits per heavy atom. The van der Waals surface area contributed by atoms with E-state index in [2.05, 4.69) is 0 Å². The van der Waals surface area contributed by atoms with Crippen LogP contribution in [0.1, 0.15) is 0 Å². The number of aliphatic hydroxyl groups excluding tert-OH is 1. The standard InChI is InChI=1S/C7H18N2O.2ClH/c1-8(2)5-7(10)6-9(3)4;;/h7,10H,5-6H2,1-4H3;2*1H. The molecule has 0 aliphatic rings. The zero-order valence-electron chi connectivity index (χ0n) is 8.15. The Hall–Kier alpha value is 0.460. The van der Waals surface area contributed by atoms with Crippen LogP contribution in [-0.2, 0) is 0 Å². The highest BCUT2D eigenvalue weighted by Crippen LogP contribution is 1.87. The van der Waals surface area contributed by atoms with Crippen molar-refractivity contribution in [3.8, 4) is 0 Å². The molecule has 78 valence electrons. The van der Waals surface area contributed by atoms with E-state index in [-0.39, 0.29) is 30.9 Å². The van der Waals surface area contributed by atoms with Crippen LogP contribution < -0.4 is 0 Å². The lowest BCUT2D eigenvalue weighted by molar-refractivity contribution is 0.107. The third-order valence-corrected chi connectivity index (χ3v) is 1.15. The molecule has 0 aromatic rings. The molecule has 12 heavy (non-hydrogen) atoms. The molecule has 0 rings (SSSR count). The Labute approximate surface area is 87.5 Å². The molecule has 1 N–H and O–H groups in total. The molecule has 0 amide bonds. The predicted molar refractivity (Wildman–Crippen MR) is 57.6 cm³/mol. The molecule has 0 atom stereocenters.